The molecule has 0 aliphatic carbocycles. The fourth-order valence-electron chi connectivity index (χ4n) is 1.86. The van der Waals surface area contributed by atoms with Crippen LogP contribution < -0.4 is 5.32 Å². The maximum atomic E-state index is 12.1. The molecule has 3 rings (SSSR count). The molecule has 1 aromatic carbocycles. The van der Waals surface area contributed by atoms with Gasteiger partial charge in [0.15, 0.2) is 0 Å². The molecule has 0 saturated heterocycles. The fraction of sp³-hybridized carbons (Fsp3) is 0.0714. The second kappa shape index (κ2) is 5.02. The molecule has 2 heterocycles. The van der Waals surface area contributed by atoms with Gasteiger partial charge in [-0.25, -0.2) is 9.50 Å². The predicted octanol–water partition coefficient (Wildman–Crippen LogP) is 1.56. The van der Waals surface area contributed by atoms with Crippen molar-refractivity contribution >= 4 is 17.4 Å². The number of nitrogens with one attached hydrogen (secondary N) is 1. The van der Waals surface area contributed by atoms with E-state index < -0.39 is 5.91 Å². The van der Waals surface area contributed by atoms with E-state index in [0.29, 0.717) is 17.0 Å². The van der Waals surface area contributed by atoms with Gasteiger partial charge in [0, 0.05) is 17.6 Å². The molecule has 1 amide bonds. The molecular formula is C14H10N6O. The summed E-state index contributed by atoms with van der Waals surface area (Å²) in [5.41, 5.74) is 1.81. The molecule has 3 aromatic rings. The predicted molar refractivity (Wildman–Crippen MR) is 74.6 cm³/mol. The summed E-state index contributed by atoms with van der Waals surface area (Å²) in [5.74, 6) is -0.0555. The highest BCUT2D eigenvalue weighted by atomic mass is 16.2. The lowest BCUT2D eigenvalue weighted by Crippen LogP contribution is -2.14. The highest BCUT2D eigenvalue weighted by Crippen LogP contribution is 2.11. The van der Waals surface area contributed by atoms with Crippen molar-refractivity contribution in [3.05, 3.63) is 53.6 Å². The minimum absolute atomic E-state index is 0.0270. The minimum atomic E-state index is -0.449. The Hall–Kier alpha value is -3.27. The number of carbonyl (C=O) groups excluding carboxylic acids is 1. The maximum absolute atomic E-state index is 12.1. The van der Waals surface area contributed by atoms with Crippen molar-refractivity contribution in [3.8, 4) is 6.07 Å². The number of fused-ring (bicyclic) bond motifs is 1. The minimum Gasteiger partial charge on any atom is -0.319 e. The number of amides is 1. The topological polar surface area (TPSA) is 96.0 Å². The Morgan fingerprint density at radius 3 is 3.00 bits per heavy atom. The fourth-order valence-corrected chi connectivity index (χ4v) is 1.86. The number of anilines is 1. The summed E-state index contributed by atoms with van der Waals surface area (Å²) in [6, 6.07) is 10.4. The summed E-state index contributed by atoms with van der Waals surface area (Å²) >= 11 is 0. The Morgan fingerprint density at radius 1 is 1.38 bits per heavy atom. The third kappa shape index (κ3) is 2.42. The van der Waals surface area contributed by atoms with Gasteiger partial charge in [-0.15, -0.1) is 5.10 Å². The molecule has 0 fully saturated rings. The second-order valence-corrected chi connectivity index (χ2v) is 4.38. The van der Waals surface area contributed by atoms with E-state index in [4.69, 9.17) is 5.26 Å². The van der Waals surface area contributed by atoms with Gasteiger partial charge in [0.25, 0.3) is 11.7 Å². The van der Waals surface area contributed by atoms with E-state index in [9.17, 15) is 4.79 Å². The smallest absolute Gasteiger partial charge is 0.295 e. The molecule has 0 atom stereocenters. The van der Waals surface area contributed by atoms with Gasteiger partial charge in [-0.2, -0.15) is 10.2 Å². The van der Waals surface area contributed by atoms with Crippen molar-refractivity contribution in [2.45, 2.75) is 6.92 Å². The van der Waals surface area contributed by atoms with Gasteiger partial charge in [0.05, 0.1) is 11.6 Å². The molecule has 2 aromatic heterocycles. The van der Waals surface area contributed by atoms with Gasteiger partial charge < -0.3 is 5.32 Å². The molecule has 21 heavy (non-hydrogen) atoms. The second-order valence-electron chi connectivity index (χ2n) is 4.38. The van der Waals surface area contributed by atoms with Crippen LogP contribution in [0.4, 0.5) is 5.69 Å². The van der Waals surface area contributed by atoms with Crippen LogP contribution in [-0.2, 0) is 0 Å². The Kier molecular flexibility index (Phi) is 3.04. The monoisotopic (exact) mass is 278 g/mol. The van der Waals surface area contributed by atoms with Gasteiger partial charge in [0.1, 0.15) is 0 Å². The Labute approximate surface area is 119 Å². The first-order chi connectivity index (χ1) is 10.2. The normalized spacial score (nSPS) is 10.3. The van der Waals surface area contributed by atoms with Crippen LogP contribution in [0.3, 0.4) is 0 Å². The standard InChI is InChI=1S/C14H10N6O/c1-9-5-6-16-14-18-12(19-20(9)14)13(21)17-11-4-2-3-10(7-11)8-15/h2-7H,1H3,(H,17,21). The van der Waals surface area contributed by atoms with Gasteiger partial charge in [-0.3, -0.25) is 4.79 Å². The van der Waals surface area contributed by atoms with Crippen molar-refractivity contribution in [2.24, 2.45) is 0 Å². The Bertz CT molecular complexity index is 877. The van der Waals surface area contributed by atoms with Gasteiger partial charge in [-0.05, 0) is 31.2 Å². The molecule has 0 bridgehead atoms. The van der Waals surface area contributed by atoms with E-state index in [1.54, 1.807) is 36.5 Å². The number of carbonyl (C=O) groups is 1. The first-order valence-corrected chi connectivity index (χ1v) is 6.17. The number of nitrogens with zero attached hydrogens (tertiary/aromatic N) is 5. The summed E-state index contributed by atoms with van der Waals surface area (Å²) in [5, 5.41) is 15.6. The van der Waals surface area contributed by atoms with E-state index in [0.717, 1.165) is 5.69 Å². The van der Waals surface area contributed by atoms with Crippen LogP contribution in [0.5, 0.6) is 0 Å². The zero-order chi connectivity index (χ0) is 14.8. The number of aromatic nitrogens is 4. The highest BCUT2D eigenvalue weighted by molar-refractivity contribution is 6.01. The van der Waals surface area contributed by atoms with E-state index in [-0.39, 0.29) is 5.82 Å². The van der Waals surface area contributed by atoms with Crippen molar-refractivity contribution in [2.75, 3.05) is 5.32 Å². The van der Waals surface area contributed by atoms with Gasteiger partial charge in [-0.1, -0.05) is 6.07 Å². The lowest BCUT2D eigenvalue weighted by molar-refractivity contribution is 0.101. The van der Waals surface area contributed by atoms with Crippen LogP contribution in [0, 0.1) is 18.3 Å². The average Bonchev–Trinajstić information content (AvgIpc) is 2.93. The largest absolute Gasteiger partial charge is 0.319 e. The average molecular weight is 278 g/mol. The van der Waals surface area contributed by atoms with E-state index in [2.05, 4.69) is 20.4 Å². The molecule has 0 aliphatic heterocycles. The third-order valence-corrected chi connectivity index (χ3v) is 2.88. The molecule has 0 spiro atoms. The Balaban J connectivity index is 1.90. The molecule has 0 radical (unpaired) electrons. The number of aryl methyl sites for hydroxylation is 1. The van der Waals surface area contributed by atoms with Crippen LogP contribution in [0.25, 0.3) is 5.78 Å². The zero-order valence-corrected chi connectivity index (χ0v) is 11.1. The van der Waals surface area contributed by atoms with Crippen LogP contribution in [0.1, 0.15) is 21.9 Å². The van der Waals surface area contributed by atoms with Gasteiger partial charge in [0.2, 0.25) is 5.82 Å². The van der Waals surface area contributed by atoms with Crippen LogP contribution >= 0.6 is 0 Å². The number of hydrogen-bond acceptors (Lipinski definition) is 5. The van der Waals surface area contributed by atoms with Crippen LogP contribution in [-0.4, -0.2) is 25.5 Å². The molecule has 0 unspecified atom stereocenters. The number of rotatable bonds is 2. The molecule has 7 heteroatoms. The third-order valence-electron chi connectivity index (χ3n) is 2.88. The first kappa shape index (κ1) is 12.7. The molecular weight excluding hydrogens is 268 g/mol. The summed E-state index contributed by atoms with van der Waals surface area (Å²) < 4.78 is 1.50. The number of hydrogen-bond donors (Lipinski definition) is 1. The maximum Gasteiger partial charge on any atom is 0.295 e. The molecule has 7 nitrogen and oxygen atoms in total. The van der Waals surface area contributed by atoms with E-state index >= 15 is 0 Å². The van der Waals surface area contributed by atoms with Crippen molar-refractivity contribution in [1.82, 2.24) is 19.6 Å². The molecule has 0 aliphatic rings. The number of nitriles is 1. The SMILES string of the molecule is Cc1ccnc2nc(C(=O)Nc3cccc(C#N)c3)nn12. The van der Waals surface area contributed by atoms with E-state index in [1.165, 1.54) is 4.52 Å². The zero-order valence-electron chi connectivity index (χ0n) is 11.1. The van der Waals surface area contributed by atoms with Crippen molar-refractivity contribution in [3.63, 3.8) is 0 Å². The summed E-state index contributed by atoms with van der Waals surface area (Å²) in [6.45, 7) is 1.85. The Morgan fingerprint density at radius 2 is 2.24 bits per heavy atom. The number of benzene rings is 1. The van der Waals surface area contributed by atoms with Crippen LogP contribution in [0.15, 0.2) is 36.5 Å². The summed E-state index contributed by atoms with van der Waals surface area (Å²) in [7, 11) is 0. The molecule has 1 N–H and O–H groups in total. The molecule has 0 saturated carbocycles. The lowest BCUT2D eigenvalue weighted by atomic mass is 10.2. The first-order valence-electron chi connectivity index (χ1n) is 6.17. The summed E-state index contributed by atoms with van der Waals surface area (Å²) in [4.78, 5) is 20.3. The van der Waals surface area contributed by atoms with E-state index in [1.807, 2.05) is 13.0 Å². The molecule has 102 valence electrons. The quantitative estimate of drug-likeness (QED) is 0.767. The van der Waals surface area contributed by atoms with Crippen molar-refractivity contribution in [1.29, 1.82) is 5.26 Å². The highest BCUT2D eigenvalue weighted by Gasteiger charge is 2.14. The van der Waals surface area contributed by atoms with Gasteiger partial charge >= 0.3 is 0 Å². The van der Waals surface area contributed by atoms with Crippen molar-refractivity contribution < 1.29 is 4.79 Å². The summed E-state index contributed by atoms with van der Waals surface area (Å²) in [6.07, 6.45) is 1.61. The lowest BCUT2D eigenvalue weighted by Gasteiger charge is -2.01. The van der Waals surface area contributed by atoms with Crippen LogP contribution in [0.2, 0.25) is 0 Å².